The highest BCUT2D eigenvalue weighted by molar-refractivity contribution is 8.18. The number of hydrogen-bond acceptors (Lipinski definition) is 4. The molecule has 5 rings (SSSR count). The summed E-state index contributed by atoms with van der Waals surface area (Å²) in [5.74, 6) is -0.0383. The number of halogens is 3. The van der Waals surface area contributed by atoms with Gasteiger partial charge in [0.2, 0.25) is 0 Å². The van der Waals surface area contributed by atoms with E-state index in [2.05, 4.69) is 0 Å². The number of imide groups is 1. The van der Waals surface area contributed by atoms with Crippen LogP contribution in [-0.2, 0) is 17.9 Å². The minimum absolute atomic E-state index is 0.194. The van der Waals surface area contributed by atoms with E-state index in [1.54, 1.807) is 24.3 Å². The molecule has 1 aliphatic rings. The van der Waals surface area contributed by atoms with Crippen molar-refractivity contribution in [3.05, 3.63) is 116 Å². The minimum atomic E-state index is -0.357. The van der Waals surface area contributed by atoms with Crippen molar-refractivity contribution in [2.75, 3.05) is 0 Å². The summed E-state index contributed by atoms with van der Waals surface area (Å²) in [5, 5.41) is 2.90. The zero-order valence-electron chi connectivity index (χ0n) is 18.7. The van der Waals surface area contributed by atoms with Gasteiger partial charge in [0.05, 0.1) is 21.5 Å². The predicted octanol–water partition coefficient (Wildman–Crippen LogP) is 8.62. The highest BCUT2D eigenvalue weighted by Crippen LogP contribution is 2.38. The van der Waals surface area contributed by atoms with E-state index >= 15 is 0 Å². The molecule has 0 saturated carbocycles. The molecule has 2 amide bonds. The lowest BCUT2D eigenvalue weighted by Gasteiger charge is -2.14. The van der Waals surface area contributed by atoms with Crippen LogP contribution in [0.15, 0.2) is 83.8 Å². The summed E-state index contributed by atoms with van der Waals surface area (Å²) < 4.78 is 5.81. The molecule has 0 aromatic heterocycles. The van der Waals surface area contributed by atoms with E-state index in [-0.39, 0.29) is 34.3 Å². The van der Waals surface area contributed by atoms with Gasteiger partial charge in [-0.2, -0.15) is 0 Å². The summed E-state index contributed by atoms with van der Waals surface area (Å²) in [6, 6.07) is 24.4. The van der Waals surface area contributed by atoms with Gasteiger partial charge in [-0.25, -0.2) is 0 Å². The molecule has 0 unspecified atom stereocenters. The number of thioether (sulfide) groups is 1. The van der Waals surface area contributed by atoms with Gasteiger partial charge in [-0.15, -0.1) is 0 Å². The van der Waals surface area contributed by atoms with E-state index in [1.807, 2.05) is 60.7 Å². The van der Waals surface area contributed by atoms with Gasteiger partial charge in [0.25, 0.3) is 11.1 Å². The van der Waals surface area contributed by atoms with Gasteiger partial charge in [-0.3, -0.25) is 14.5 Å². The number of carbonyl (C=O) groups is 2. The van der Waals surface area contributed by atoms with Gasteiger partial charge in [0.1, 0.15) is 6.61 Å². The number of fused-ring (bicyclic) bond motifs is 1. The number of amides is 2. The number of rotatable bonds is 6. The van der Waals surface area contributed by atoms with Gasteiger partial charge in [-0.05, 0) is 57.9 Å². The first-order chi connectivity index (χ1) is 17.4. The molecule has 0 atom stereocenters. The second-order valence-corrected chi connectivity index (χ2v) is 10.3. The molecule has 1 heterocycles. The van der Waals surface area contributed by atoms with Crippen LogP contribution in [0.1, 0.15) is 16.7 Å². The van der Waals surface area contributed by atoms with Crippen LogP contribution >= 0.6 is 46.6 Å². The molecule has 1 aliphatic heterocycles. The number of ether oxygens (including phenoxy) is 1. The van der Waals surface area contributed by atoms with E-state index < -0.39 is 0 Å². The van der Waals surface area contributed by atoms with Crippen molar-refractivity contribution in [2.45, 2.75) is 13.2 Å². The average Bonchev–Trinajstić information content (AvgIpc) is 3.12. The van der Waals surface area contributed by atoms with Gasteiger partial charge < -0.3 is 4.74 Å². The summed E-state index contributed by atoms with van der Waals surface area (Å²) >= 11 is 20.0. The smallest absolute Gasteiger partial charge is 0.293 e. The monoisotopic (exact) mass is 553 g/mol. The molecule has 36 heavy (non-hydrogen) atoms. The second-order valence-electron chi connectivity index (χ2n) is 8.10. The van der Waals surface area contributed by atoms with Crippen LogP contribution in [0.4, 0.5) is 4.79 Å². The van der Waals surface area contributed by atoms with Crippen molar-refractivity contribution < 1.29 is 14.3 Å². The number of hydrogen-bond donors (Lipinski definition) is 0. The predicted molar refractivity (Wildman–Crippen MR) is 148 cm³/mol. The van der Waals surface area contributed by atoms with Crippen molar-refractivity contribution in [2.24, 2.45) is 0 Å². The molecule has 4 aromatic carbocycles. The van der Waals surface area contributed by atoms with Crippen molar-refractivity contribution in [3.8, 4) is 5.75 Å². The standard InChI is InChI=1S/C28H18Cl3NO3S/c29-22-11-4-2-7-20(22)16-35-26-23(30)12-17(13-24(26)31)14-25-27(33)32(28(34)36-25)15-19-9-5-8-18-6-1-3-10-21(18)19/h1-14H,15-16H2/b25-14+. The third kappa shape index (κ3) is 5.11. The molecule has 0 radical (unpaired) electrons. The largest absolute Gasteiger partial charge is 0.486 e. The lowest BCUT2D eigenvalue weighted by Crippen LogP contribution is -2.27. The van der Waals surface area contributed by atoms with E-state index in [4.69, 9.17) is 39.5 Å². The molecule has 0 bridgehead atoms. The molecule has 0 spiro atoms. The van der Waals surface area contributed by atoms with Crippen LogP contribution in [0.25, 0.3) is 16.8 Å². The molecule has 4 aromatic rings. The maximum absolute atomic E-state index is 13.1. The highest BCUT2D eigenvalue weighted by Gasteiger charge is 2.35. The Balaban J connectivity index is 1.35. The van der Waals surface area contributed by atoms with E-state index in [0.717, 1.165) is 33.7 Å². The Hall–Kier alpha value is -2.96. The molecule has 1 fully saturated rings. The number of nitrogens with zero attached hydrogens (tertiary/aromatic N) is 1. The zero-order chi connectivity index (χ0) is 25.2. The molecule has 4 nitrogen and oxygen atoms in total. The molecular formula is C28H18Cl3NO3S. The summed E-state index contributed by atoms with van der Waals surface area (Å²) in [4.78, 5) is 27.4. The van der Waals surface area contributed by atoms with E-state index in [9.17, 15) is 9.59 Å². The lowest BCUT2D eigenvalue weighted by molar-refractivity contribution is -0.123. The van der Waals surface area contributed by atoms with Crippen LogP contribution in [-0.4, -0.2) is 16.0 Å². The Kier molecular flexibility index (Phi) is 7.26. The topological polar surface area (TPSA) is 46.6 Å². The first-order valence-electron chi connectivity index (χ1n) is 11.0. The maximum Gasteiger partial charge on any atom is 0.293 e. The Bertz CT molecular complexity index is 1510. The van der Waals surface area contributed by atoms with Crippen molar-refractivity contribution in [1.82, 2.24) is 4.90 Å². The Morgan fingerprint density at radius 1 is 0.806 bits per heavy atom. The Morgan fingerprint density at radius 3 is 2.25 bits per heavy atom. The van der Waals surface area contributed by atoms with Gasteiger partial charge >= 0.3 is 0 Å². The van der Waals surface area contributed by atoms with Gasteiger partial charge in [-0.1, -0.05) is 95.5 Å². The third-order valence-corrected chi connectivity index (χ3v) is 7.57. The zero-order valence-corrected chi connectivity index (χ0v) is 21.8. The maximum atomic E-state index is 13.1. The number of benzene rings is 4. The van der Waals surface area contributed by atoms with Gasteiger partial charge in [0, 0.05) is 10.6 Å². The molecule has 0 aliphatic carbocycles. The van der Waals surface area contributed by atoms with Crippen LogP contribution in [0.3, 0.4) is 0 Å². The van der Waals surface area contributed by atoms with Crippen molar-refractivity contribution in [3.63, 3.8) is 0 Å². The fourth-order valence-corrected chi connectivity index (χ4v) is 5.60. The molecular weight excluding hydrogens is 537 g/mol. The van der Waals surface area contributed by atoms with Gasteiger partial charge in [0.15, 0.2) is 5.75 Å². The van der Waals surface area contributed by atoms with Crippen molar-refractivity contribution >= 4 is 74.6 Å². The molecule has 1 saturated heterocycles. The minimum Gasteiger partial charge on any atom is -0.486 e. The summed E-state index contributed by atoms with van der Waals surface area (Å²) in [6.45, 7) is 0.394. The summed E-state index contributed by atoms with van der Waals surface area (Å²) in [6.07, 6.45) is 1.61. The second kappa shape index (κ2) is 10.6. The molecule has 8 heteroatoms. The van der Waals surface area contributed by atoms with Crippen molar-refractivity contribution in [1.29, 1.82) is 0 Å². The fraction of sp³-hybridized carbons (Fsp3) is 0.0714. The molecule has 0 N–H and O–H groups in total. The molecule has 180 valence electrons. The Morgan fingerprint density at radius 2 is 1.47 bits per heavy atom. The van der Waals surface area contributed by atoms with Crippen LogP contribution in [0.5, 0.6) is 5.75 Å². The average molecular weight is 555 g/mol. The SMILES string of the molecule is O=C1S/C(=C/c2cc(Cl)c(OCc3ccccc3Cl)c(Cl)c2)C(=O)N1Cc1cccc2ccccc12. The normalized spacial score (nSPS) is 14.8. The van der Waals surface area contributed by atoms with Crippen LogP contribution < -0.4 is 4.74 Å². The summed E-state index contributed by atoms with van der Waals surface area (Å²) in [7, 11) is 0. The third-order valence-electron chi connectivity index (χ3n) is 5.73. The van der Waals surface area contributed by atoms with E-state index in [1.165, 1.54) is 4.90 Å². The Labute approximate surface area is 227 Å². The highest BCUT2D eigenvalue weighted by atomic mass is 35.5. The van der Waals surface area contributed by atoms with Crippen LogP contribution in [0, 0.1) is 0 Å². The van der Waals surface area contributed by atoms with Crippen LogP contribution in [0.2, 0.25) is 15.1 Å². The lowest BCUT2D eigenvalue weighted by atomic mass is 10.0. The fourth-order valence-electron chi connectivity index (χ4n) is 3.95. The quantitative estimate of drug-likeness (QED) is 0.224. The number of carbonyl (C=O) groups excluding carboxylic acids is 2. The summed E-state index contributed by atoms with van der Waals surface area (Å²) in [5.41, 5.74) is 2.30. The first kappa shape index (κ1) is 24.7. The first-order valence-corrected chi connectivity index (χ1v) is 12.9. The van der Waals surface area contributed by atoms with E-state index in [0.29, 0.717) is 21.2 Å².